The summed E-state index contributed by atoms with van der Waals surface area (Å²) in [5.74, 6) is -0.832. The van der Waals surface area contributed by atoms with Gasteiger partial charge < -0.3 is 4.74 Å². The molecule has 0 saturated carbocycles. The monoisotopic (exact) mass is 374 g/mol. The Hall–Kier alpha value is -2.94. The van der Waals surface area contributed by atoms with Crippen molar-refractivity contribution >= 4 is 17.8 Å². The van der Waals surface area contributed by atoms with Crippen LogP contribution in [0.4, 0.5) is 0 Å². The third kappa shape index (κ3) is 3.33. The molecule has 3 nitrogen and oxygen atoms in total. The summed E-state index contributed by atoms with van der Waals surface area (Å²) in [5.41, 5.74) is 3.03. The van der Waals surface area contributed by atoms with Crippen molar-refractivity contribution in [2.24, 2.45) is 5.41 Å². The van der Waals surface area contributed by atoms with Crippen molar-refractivity contribution in [3.05, 3.63) is 88.5 Å². The number of esters is 1. The predicted molar refractivity (Wildman–Crippen MR) is 112 cm³/mol. The van der Waals surface area contributed by atoms with E-state index in [1.54, 1.807) is 13.8 Å². The lowest BCUT2D eigenvalue weighted by Crippen LogP contribution is -2.45. The second-order valence-corrected chi connectivity index (χ2v) is 7.34. The first-order valence-corrected chi connectivity index (χ1v) is 9.62. The molecular formula is C25H26O3. The third-order valence-electron chi connectivity index (χ3n) is 5.65. The predicted octanol–water partition coefficient (Wildman–Crippen LogP) is 5.34. The number of carbonyl (C=O) groups excluding carboxylic acids is 2. The molecule has 0 saturated heterocycles. The highest BCUT2D eigenvalue weighted by Gasteiger charge is 2.52. The number of ether oxygens (including phenoxy) is 1. The number of allylic oxidation sites excluding steroid dienone is 2. The molecule has 0 spiro atoms. The van der Waals surface area contributed by atoms with Crippen LogP contribution in [0.1, 0.15) is 44.7 Å². The molecule has 0 fully saturated rings. The summed E-state index contributed by atoms with van der Waals surface area (Å²) in [6, 6.07) is 19.8. The number of ketones is 1. The summed E-state index contributed by atoms with van der Waals surface area (Å²) in [6.07, 6.45) is 1.97. The van der Waals surface area contributed by atoms with Crippen LogP contribution in [0.15, 0.2) is 77.4 Å². The summed E-state index contributed by atoms with van der Waals surface area (Å²) < 4.78 is 5.37. The molecule has 2 aromatic carbocycles. The fourth-order valence-corrected chi connectivity index (χ4v) is 3.94. The van der Waals surface area contributed by atoms with E-state index < -0.39 is 11.4 Å². The first-order chi connectivity index (χ1) is 13.4. The number of hydrogen-bond donors (Lipinski definition) is 0. The van der Waals surface area contributed by atoms with Crippen molar-refractivity contribution in [3.8, 4) is 0 Å². The number of hydrogen-bond acceptors (Lipinski definition) is 3. The number of Topliss-reactive ketones (excluding diaryl/α,β-unsaturated/α-hetero) is 1. The average molecular weight is 374 g/mol. The molecule has 144 valence electrons. The molecule has 0 aliphatic heterocycles. The van der Waals surface area contributed by atoms with Gasteiger partial charge in [-0.15, -0.1) is 0 Å². The van der Waals surface area contributed by atoms with Gasteiger partial charge in [0.2, 0.25) is 0 Å². The standard InChI is InChI=1S/C25H26O3/c1-5-28-24(27)25(4)21(16-19-12-8-6-9-13-19)22(17(2)18(3)23(25)26)20-14-10-7-11-15-20/h6-16,22H,5H2,1-4H3/b21-16-. The van der Waals surface area contributed by atoms with Crippen molar-refractivity contribution in [1.29, 1.82) is 0 Å². The van der Waals surface area contributed by atoms with Gasteiger partial charge in [-0.25, -0.2) is 0 Å². The SMILES string of the molecule is CCOC(=O)C1(C)C(=O)C(C)=C(C)C(c2ccccc2)/C1=C/c1ccccc1. The molecule has 2 unspecified atom stereocenters. The molecule has 2 atom stereocenters. The second-order valence-electron chi connectivity index (χ2n) is 7.34. The number of carbonyl (C=O) groups is 2. The van der Waals surface area contributed by atoms with Gasteiger partial charge in [0.15, 0.2) is 5.78 Å². The Labute approximate surface area is 166 Å². The van der Waals surface area contributed by atoms with E-state index in [9.17, 15) is 9.59 Å². The topological polar surface area (TPSA) is 43.4 Å². The van der Waals surface area contributed by atoms with E-state index in [4.69, 9.17) is 4.74 Å². The van der Waals surface area contributed by atoms with Crippen LogP contribution in [0, 0.1) is 5.41 Å². The van der Waals surface area contributed by atoms with E-state index in [1.807, 2.05) is 80.6 Å². The van der Waals surface area contributed by atoms with Gasteiger partial charge in [0.05, 0.1) is 6.61 Å². The molecule has 0 heterocycles. The molecule has 3 rings (SSSR count). The zero-order valence-corrected chi connectivity index (χ0v) is 16.9. The van der Waals surface area contributed by atoms with Crippen LogP contribution >= 0.6 is 0 Å². The molecule has 3 heteroatoms. The van der Waals surface area contributed by atoms with Crippen LogP contribution < -0.4 is 0 Å². The van der Waals surface area contributed by atoms with Gasteiger partial charge in [-0.05, 0) is 50.0 Å². The van der Waals surface area contributed by atoms with Crippen LogP contribution in [0.5, 0.6) is 0 Å². The molecule has 0 N–H and O–H groups in total. The summed E-state index contributed by atoms with van der Waals surface area (Å²) in [5, 5.41) is 0. The largest absolute Gasteiger partial charge is 0.465 e. The lowest BCUT2D eigenvalue weighted by atomic mass is 9.62. The van der Waals surface area contributed by atoms with Crippen molar-refractivity contribution in [3.63, 3.8) is 0 Å². The zero-order chi connectivity index (χ0) is 20.3. The van der Waals surface area contributed by atoms with Crippen LogP contribution in [0.3, 0.4) is 0 Å². The highest BCUT2D eigenvalue weighted by molar-refractivity contribution is 6.16. The molecular weight excluding hydrogens is 348 g/mol. The quantitative estimate of drug-likeness (QED) is 0.536. The van der Waals surface area contributed by atoms with Gasteiger partial charge in [-0.2, -0.15) is 0 Å². The number of benzene rings is 2. The number of rotatable bonds is 4. The Balaban J connectivity index is 2.31. The normalized spacial score (nSPS) is 23.8. The Kier molecular flexibility index (Phi) is 5.64. The van der Waals surface area contributed by atoms with Gasteiger partial charge in [0.1, 0.15) is 5.41 Å². The van der Waals surface area contributed by atoms with Crippen molar-refractivity contribution < 1.29 is 14.3 Å². The van der Waals surface area contributed by atoms with Gasteiger partial charge >= 0.3 is 5.97 Å². The Bertz CT molecular complexity index is 938. The van der Waals surface area contributed by atoms with Crippen molar-refractivity contribution in [1.82, 2.24) is 0 Å². The minimum atomic E-state index is -1.35. The maximum absolute atomic E-state index is 13.4. The van der Waals surface area contributed by atoms with E-state index in [0.29, 0.717) is 5.57 Å². The maximum Gasteiger partial charge on any atom is 0.323 e. The highest BCUT2D eigenvalue weighted by atomic mass is 16.5. The molecule has 0 aromatic heterocycles. The second kappa shape index (κ2) is 7.97. The van der Waals surface area contributed by atoms with Gasteiger partial charge in [-0.3, -0.25) is 9.59 Å². The highest BCUT2D eigenvalue weighted by Crippen LogP contribution is 2.50. The Morgan fingerprint density at radius 2 is 1.61 bits per heavy atom. The van der Waals surface area contributed by atoms with E-state index in [2.05, 4.69) is 0 Å². The van der Waals surface area contributed by atoms with Gasteiger partial charge in [0, 0.05) is 5.92 Å². The van der Waals surface area contributed by atoms with Gasteiger partial charge in [-0.1, -0.05) is 72.3 Å². The van der Waals surface area contributed by atoms with E-state index in [0.717, 1.165) is 22.3 Å². The van der Waals surface area contributed by atoms with E-state index in [-0.39, 0.29) is 18.3 Å². The average Bonchev–Trinajstić information content (AvgIpc) is 2.72. The van der Waals surface area contributed by atoms with Crippen LogP contribution in [0.25, 0.3) is 6.08 Å². The first kappa shape index (κ1) is 19.8. The minimum absolute atomic E-state index is 0.159. The maximum atomic E-state index is 13.4. The molecule has 28 heavy (non-hydrogen) atoms. The van der Waals surface area contributed by atoms with Crippen molar-refractivity contribution in [2.75, 3.05) is 6.61 Å². The third-order valence-corrected chi connectivity index (χ3v) is 5.65. The summed E-state index contributed by atoms with van der Waals surface area (Å²) >= 11 is 0. The summed E-state index contributed by atoms with van der Waals surface area (Å²) in [6.45, 7) is 7.49. The lowest BCUT2D eigenvalue weighted by molar-refractivity contribution is -0.155. The van der Waals surface area contributed by atoms with Crippen molar-refractivity contribution in [2.45, 2.75) is 33.6 Å². The summed E-state index contributed by atoms with van der Waals surface area (Å²) in [7, 11) is 0. The molecule has 0 amide bonds. The molecule has 2 aromatic rings. The Morgan fingerprint density at radius 3 is 2.18 bits per heavy atom. The first-order valence-electron chi connectivity index (χ1n) is 9.62. The molecule has 1 aliphatic rings. The van der Waals surface area contributed by atoms with E-state index >= 15 is 0 Å². The molecule has 0 radical (unpaired) electrons. The molecule has 1 aliphatic carbocycles. The lowest BCUT2D eigenvalue weighted by Gasteiger charge is -2.39. The Morgan fingerprint density at radius 1 is 1.04 bits per heavy atom. The van der Waals surface area contributed by atoms with Crippen LogP contribution in [-0.2, 0) is 14.3 Å². The summed E-state index contributed by atoms with van der Waals surface area (Å²) in [4.78, 5) is 26.4. The smallest absolute Gasteiger partial charge is 0.323 e. The van der Waals surface area contributed by atoms with E-state index in [1.165, 1.54) is 0 Å². The zero-order valence-electron chi connectivity index (χ0n) is 16.9. The minimum Gasteiger partial charge on any atom is -0.465 e. The fraction of sp³-hybridized carbons (Fsp3) is 0.280. The van der Waals surface area contributed by atoms with Gasteiger partial charge in [0.25, 0.3) is 0 Å². The van der Waals surface area contributed by atoms with Crippen LogP contribution in [-0.4, -0.2) is 18.4 Å². The fourth-order valence-electron chi connectivity index (χ4n) is 3.94. The van der Waals surface area contributed by atoms with Crippen LogP contribution in [0.2, 0.25) is 0 Å². The molecule has 0 bridgehead atoms.